The Hall–Kier alpha value is -1.12. The minimum atomic E-state index is 0.400. The molecule has 0 bridgehead atoms. The first-order valence-corrected chi connectivity index (χ1v) is 4.68. The molecule has 0 spiro atoms. The highest BCUT2D eigenvalue weighted by Gasteiger charge is 2.02. The molecular formula is C10H17N3. The first-order chi connectivity index (χ1) is 6.09. The van der Waals surface area contributed by atoms with Crippen LogP contribution in [0.25, 0.3) is 0 Å². The van der Waals surface area contributed by atoms with E-state index in [4.69, 9.17) is 0 Å². The van der Waals surface area contributed by atoms with E-state index in [2.05, 4.69) is 49.3 Å². The molecule has 0 fully saturated rings. The third-order valence-electron chi connectivity index (χ3n) is 1.78. The zero-order chi connectivity index (χ0) is 9.84. The minimum absolute atomic E-state index is 0.400. The third kappa shape index (κ3) is 3.01. The summed E-state index contributed by atoms with van der Waals surface area (Å²) >= 11 is 0. The van der Waals surface area contributed by atoms with Crippen LogP contribution in [0.2, 0.25) is 0 Å². The predicted molar refractivity (Wildman–Crippen MR) is 54.9 cm³/mol. The zero-order valence-corrected chi connectivity index (χ0v) is 8.70. The lowest BCUT2D eigenvalue weighted by Crippen LogP contribution is -2.11. The van der Waals surface area contributed by atoms with Crippen LogP contribution in [-0.2, 0) is 0 Å². The van der Waals surface area contributed by atoms with Gasteiger partial charge in [-0.15, -0.1) is 5.10 Å². The first-order valence-electron chi connectivity index (χ1n) is 4.68. The van der Waals surface area contributed by atoms with Crippen LogP contribution in [0, 0.1) is 0 Å². The van der Waals surface area contributed by atoms with Crippen molar-refractivity contribution in [1.29, 1.82) is 0 Å². The van der Waals surface area contributed by atoms with Crippen LogP contribution in [0.5, 0.6) is 0 Å². The fraction of sp³-hybridized carbons (Fsp3) is 0.600. The monoisotopic (exact) mass is 179 g/mol. The molecule has 1 N–H and O–H groups in total. The third-order valence-corrected chi connectivity index (χ3v) is 1.78. The van der Waals surface area contributed by atoms with Gasteiger partial charge in [0.2, 0.25) is 0 Å². The molecule has 0 unspecified atom stereocenters. The largest absolute Gasteiger partial charge is 0.366 e. The van der Waals surface area contributed by atoms with Crippen LogP contribution in [0.4, 0.5) is 5.82 Å². The minimum Gasteiger partial charge on any atom is -0.366 e. The average Bonchev–Trinajstić information content (AvgIpc) is 2.03. The molecule has 0 aliphatic carbocycles. The second-order valence-corrected chi connectivity index (χ2v) is 3.83. The van der Waals surface area contributed by atoms with Gasteiger partial charge in [-0.2, -0.15) is 5.10 Å². The van der Waals surface area contributed by atoms with E-state index in [0.717, 1.165) is 5.82 Å². The molecule has 0 aliphatic rings. The van der Waals surface area contributed by atoms with Crippen molar-refractivity contribution in [1.82, 2.24) is 10.2 Å². The molecule has 0 atom stereocenters. The molecule has 0 amide bonds. The summed E-state index contributed by atoms with van der Waals surface area (Å²) in [5, 5.41) is 11.2. The Morgan fingerprint density at radius 3 is 2.46 bits per heavy atom. The topological polar surface area (TPSA) is 37.8 Å². The lowest BCUT2D eigenvalue weighted by molar-refractivity contribution is 0.827. The summed E-state index contributed by atoms with van der Waals surface area (Å²) in [7, 11) is 0. The van der Waals surface area contributed by atoms with Gasteiger partial charge in [-0.3, -0.25) is 0 Å². The van der Waals surface area contributed by atoms with Crippen LogP contribution < -0.4 is 5.32 Å². The Morgan fingerprint density at radius 2 is 1.92 bits per heavy atom. The van der Waals surface area contributed by atoms with E-state index in [-0.39, 0.29) is 0 Å². The van der Waals surface area contributed by atoms with E-state index in [9.17, 15) is 0 Å². The number of anilines is 1. The van der Waals surface area contributed by atoms with Crippen LogP contribution in [-0.4, -0.2) is 16.2 Å². The van der Waals surface area contributed by atoms with Gasteiger partial charge in [-0.25, -0.2) is 0 Å². The number of hydrogen-bond donors (Lipinski definition) is 1. The lowest BCUT2D eigenvalue weighted by atomic mass is 10.1. The number of nitrogens with one attached hydrogen (secondary N) is 1. The lowest BCUT2D eigenvalue weighted by Gasteiger charge is -2.10. The molecule has 0 saturated heterocycles. The van der Waals surface area contributed by atoms with Gasteiger partial charge < -0.3 is 5.32 Å². The molecule has 72 valence electrons. The Kier molecular flexibility index (Phi) is 3.23. The van der Waals surface area contributed by atoms with Gasteiger partial charge in [-0.1, -0.05) is 13.8 Å². The standard InChI is InChI=1S/C10H17N3/c1-7(2)9-5-10(12-8(3)4)13-11-6-9/h5-8H,1-4H3,(H,12,13). The number of aromatic nitrogens is 2. The van der Waals surface area contributed by atoms with Crippen molar-refractivity contribution in [3.63, 3.8) is 0 Å². The van der Waals surface area contributed by atoms with Crippen molar-refractivity contribution in [2.24, 2.45) is 0 Å². The van der Waals surface area contributed by atoms with Gasteiger partial charge in [0, 0.05) is 6.04 Å². The van der Waals surface area contributed by atoms with Crippen molar-refractivity contribution < 1.29 is 0 Å². The van der Waals surface area contributed by atoms with Gasteiger partial charge >= 0.3 is 0 Å². The summed E-state index contributed by atoms with van der Waals surface area (Å²) in [5.74, 6) is 1.37. The molecule has 1 aromatic rings. The Morgan fingerprint density at radius 1 is 1.23 bits per heavy atom. The summed E-state index contributed by atoms with van der Waals surface area (Å²) in [4.78, 5) is 0. The molecule has 0 radical (unpaired) electrons. The Bertz CT molecular complexity index is 269. The van der Waals surface area contributed by atoms with Gasteiger partial charge in [-0.05, 0) is 31.4 Å². The van der Waals surface area contributed by atoms with E-state index in [1.807, 2.05) is 6.20 Å². The van der Waals surface area contributed by atoms with Crippen molar-refractivity contribution >= 4 is 5.82 Å². The maximum absolute atomic E-state index is 4.00. The SMILES string of the molecule is CC(C)Nc1cc(C(C)C)cnn1. The molecule has 1 aromatic heterocycles. The first kappa shape index (κ1) is 9.96. The Balaban J connectivity index is 2.79. The average molecular weight is 179 g/mol. The van der Waals surface area contributed by atoms with Crippen LogP contribution in [0.1, 0.15) is 39.2 Å². The summed E-state index contributed by atoms with van der Waals surface area (Å²) in [5.41, 5.74) is 1.22. The van der Waals surface area contributed by atoms with E-state index < -0.39 is 0 Å². The van der Waals surface area contributed by atoms with Gasteiger partial charge in [0.15, 0.2) is 0 Å². The molecule has 3 nitrogen and oxygen atoms in total. The van der Waals surface area contributed by atoms with Gasteiger partial charge in [0.05, 0.1) is 6.20 Å². The van der Waals surface area contributed by atoms with Crippen LogP contribution >= 0.6 is 0 Å². The quantitative estimate of drug-likeness (QED) is 0.774. The van der Waals surface area contributed by atoms with E-state index in [1.165, 1.54) is 5.56 Å². The highest BCUT2D eigenvalue weighted by Crippen LogP contribution is 2.15. The van der Waals surface area contributed by atoms with Gasteiger partial charge in [0.1, 0.15) is 5.82 Å². The summed E-state index contributed by atoms with van der Waals surface area (Å²) < 4.78 is 0. The normalized spacial score (nSPS) is 10.9. The van der Waals surface area contributed by atoms with E-state index >= 15 is 0 Å². The second kappa shape index (κ2) is 4.21. The van der Waals surface area contributed by atoms with Crippen molar-refractivity contribution in [2.75, 3.05) is 5.32 Å². The van der Waals surface area contributed by atoms with Crippen molar-refractivity contribution in [2.45, 2.75) is 39.7 Å². The van der Waals surface area contributed by atoms with Crippen LogP contribution in [0.3, 0.4) is 0 Å². The maximum atomic E-state index is 4.00. The summed E-state index contributed by atoms with van der Waals surface area (Å²) in [6.07, 6.45) is 1.82. The Labute approximate surface area is 79.6 Å². The molecule has 3 heteroatoms. The molecule has 1 heterocycles. The second-order valence-electron chi connectivity index (χ2n) is 3.83. The molecule has 0 saturated carbocycles. The van der Waals surface area contributed by atoms with Gasteiger partial charge in [0.25, 0.3) is 0 Å². The molecule has 0 aliphatic heterocycles. The molecule has 1 rings (SSSR count). The van der Waals surface area contributed by atoms with Crippen molar-refractivity contribution in [3.05, 3.63) is 17.8 Å². The molecule has 13 heavy (non-hydrogen) atoms. The van der Waals surface area contributed by atoms with Crippen LogP contribution in [0.15, 0.2) is 12.3 Å². The predicted octanol–water partition coefficient (Wildman–Crippen LogP) is 2.42. The number of hydrogen-bond acceptors (Lipinski definition) is 3. The number of rotatable bonds is 3. The molecular weight excluding hydrogens is 162 g/mol. The highest BCUT2D eigenvalue weighted by atomic mass is 15.2. The maximum Gasteiger partial charge on any atom is 0.149 e. The highest BCUT2D eigenvalue weighted by molar-refractivity contribution is 5.37. The smallest absolute Gasteiger partial charge is 0.149 e. The summed E-state index contributed by atoms with van der Waals surface area (Å²) in [6.45, 7) is 8.47. The number of nitrogens with zero attached hydrogens (tertiary/aromatic N) is 2. The fourth-order valence-electron chi connectivity index (χ4n) is 1.06. The van der Waals surface area contributed by atoms with E-state index in [0.29, 0.717) is 12.0 Å². The zero-order valence-electron chi connectivity index (χ0n) is 8.70. The summed E-state index contributed by atoms with van der Waals surface area (Å²) in [6, 6.07) is 2.45. The fourth-order valence-corrected chi connectivity index (χ4v) is 1.06. The molecule has 0 aromatic carbocycles. The van der Waals surface area contributed by atoms with Crippen molar-refractivity contribution in [3.8, 4) is 0 Å². The van der Waals surface area contributed by atoms with E-state index in [1.54, 1.807) is 0 Å².